The second kappa shape index (κ2) is 9.79. The Hall–Kier alpha value is -3.40. The Morgan fingerprint density at radius 2 is 1.04 bits per heavy atom. The second-order valence-corrected chi connectivity index (χ2v) is 5.45. The van der Waals surface area contributed by atoms with Crippen LogP contribution in [-0.4, -0.2) is 11.9 Å². The van der Waals surface area contributed by atoms with Crippen molar-refractivity contribution in [2.24, 2.45) is 0 Å². The molecule has 2 rings (SSSR count). The lowest BCUT2D eigenvalue weighted by Gasteiger charge is -2.03. The highest BCUT2D eigenvalue weighted by Crippen LogP contribution is 2.14. The van der Waals surface area contributed by atoms with E-state index in [0.717, 1.165) is 36.1 Å². The van der Waals surface area contributed by atoms with Crippen molar-refractivity contribution >= 4 is 11.9 Å². The molecule has 2 aromatic carbocycles. The molecule has 0 aliphatic rings. The smallest absolute Gasteiger partial charge is 0.336 e. The van der Waals surface area contributed by atoms with Gasteiger partial charge in [-0.2, -0.15) is 0 Å². The fraction of sp³-hybridized carbons (Fsp3) is 0.0909. The van der Waals surface area contributed by atoms with Crippen LogP contribution in [-0.2, 0) is 22.4 Å². The van der Waals surface area contributed by atoms with Crippen LogP contribution in [0.3, 0.4) is 0 Å². The van der Waals surface area contributed by atoms with Crippen LogP contribution in [0.2, 0.25) is 0 Å². The molecule has 0 N–H and O–H groups in total. The number of carbonyl (C=O) groups excluding carboxylic acids is 2. The summed E-state index contributed by atoms with van der Waals surface area (Å²) in [5.41, 5.74) is 2.14. The lowest BCUT2D eigenvalue weighted by Crippen LogP contribution is -2.08. The summed E-state index contributed by atoms with van der Waals surface area (Å²) in [5.74, 6) is -0.503. The van der Waals surface area contributed by atoms with Gasteiger partial charge < -0.3 is 9.47 Å². The lowest BCUT2D eigenvalue weighted by atomic mass is 10.1. The van der Waals surface area contributed by atoms with Crippen molar-refractivity contribution < 1.29 is 19.1 Å². The average molecular weight is 348 g/mol. The third-order valence-corrected chi connectivity index (χ3v) is 3.40. The molecule has 0 saturated carbocycles. The Kier molecular flexibility index (Phi) is 7.13. The normalized spacial score (nSPS) is 10.3. The van der Waals surface area contributed by atoms with Gasteiger partial charge in [-0.05, 0) is 48.2 Å². The zero-order valence-electron chi connectivity index (χ0n) is 14.4. The molecule has 4 heteroatoms. The minimum absolute atomic E-state index is 0.402. The average Bonchev–Trinajstić information content (AvgIpc) is 2.64. The molecule has 26 heavy (non-hydrogen) atoms. The molecule has 132 valence electrons. The van der Waals surface area contributed by atoms with E-state index in [0.29, 0.717) is 11.5 Å². The van der Waals surface area contributed by atoms with Crippen molar-refractivity contribution in [3.8, 4) is 11.5 Å². The van der Waals surface area contributed by atoms with Crippen LogP contribution in [0.15, 0.2) is 86.0 Å². The molecule has 0 fully saturated rings. The maximum Gasteiger partial charge on any atom is 0.336 e. The Morgan fingerprint density at radius 3 is 1.35 bits per heavy atom. The second-order valence-electron chi connectivity index (χ2n) is 5.45. The summed E-state index contributed by atoms with van der Waals surface area (Å²) in [5, 5.41) is 0. The lowest BCUT2D eigenvalue weighted by molar-refractivity contribution is -0.131. The van der Waals surface area contributed by atoms with Crippen LogP contribution in [0.1, 0.15) is 11.1 Å². The van der Waals surface area contributed by atoms with Crippen LogP contribution in [0.4, 0.5) is 0 Å². The van der Waals surface area contributed by atoms with Gasteiger partial charge in [0.15, 0.2) is 0 Å². The zero-order chi connectivity index (χ0) is 18.8. The molecule has 0 saturated heterocycles. The number of benzene rings is 2. The topological polar surface area (TPSA) is 52.6 Å². The molecule has 0 radical (unpaired) electrons. The first kappa shape index (κ1) is 18.9. The van der Waals surface area contributed by atoms with Crippen LogP contribution >= 0.6 is 0 Å². The predicted octanol–water partition coefficient (Wildman–Crippen LogP) is 4.21. The molecular formula is C22H20O4. The van der Waals surface area contributed by atoms with Crippen molar-refractivity contribution in [1.29, 1.82) is 0 Å². The molecule has 0 unspecified atom stereocenters. The van der Waals surface area contributed by atoms with E-state index in [1.54, 1.807) is 36.4 Å². The van der Waals surface area contributed by atoms with Gasteiger partial charge in [-0.25, -0.2) is 9.59 Å². The van der Waals surface area contributed by atoms with Gasteiger partial charge in [-0.3, -0.25) is 0 Å². The van der Waals surface area contributed by atoms with Crippen molar-refractivity contribution in [2.45, 2.75) is 12.8 Å². The maximum absolute atomic E-state index is 11.8. The highest BCUT2D eigenvalue weighted by molar-refractivity contribution is 5.93. The van der Waals surface area contributed by atoms with Crippen molar-refractivity contribution in [2.75, 3.05) is 0 Å². The van der Waals surface area contributed by atoms with Gasteiger partial charge in [0.25, 0.3) is 0 Å². The highest BCUT2D eigenvalue weighted by atomic mass is 16.5. The van der Waals surface area contributed by atoms with Crippen LogP contribution < -0.4 is 9.47 Å². The van der Waals surface area contributed by atoms with Crippen molar-refractivity contribution in [1.82, 2.24) is 0 Å². The van der Waals surface area contributed by atoms with E-state index in [9.17, 15) is 9.59 Å². The standard InChI is InChI=1S/C22H20O4/c1-3-5-17-7-11-19(12-8-17)25-21(23)15-16-22(24)26-20-13-9-18(6-4-2)10-14-20/h3-4,7-16H,1-2,5-6H2/b16-15-. The number of ether oxygens (including phenoxy) is 2. The molecule has 0 spiro atoms. The minimum atomic E-state index is -0.653. The van der Waals surface area contributed by atoms with E-state index in [1.165, 1.54) is 0 Å². The number of allylic oxidation sites excluding steroid dienone is 2. The fourth-order valence-corrected chi connectivity index (χ4v) is 2.16. The molecule has 2 aromatic rings. The molecule has 0 aliphatic carbocycles. The molecule has 0 bridgehead atoms. The molecule has 0 amide bonds. The predicted molar refractivity (Wildman–Crippen MR) is 101 cm³/mol. The van der Waals surface area contributed by atoms with E-state index >= 15 is 0 Å². The van der Waals surface area contributed by atoms with Gasteiger partial charge >= 0.3 is 11.9 Å². The monoisotopic (exact) mass is 348 g/mol. The third kappa shape index (κ3) is 6.24. The number of hydrogen-bond acceptors (Lipinski definition) is 4. The van der Waals surface area contributed by atoms with Crippen LogP contribution in [0, 0.1) is 0 Å². The molecule has 0 heterocycles. The van der Waals surface area contributed by atoms with E-state index in [-0.39, 0.29) is 0 Å². The summed E-state index contributed by atoms with van der Waals surface area (Å²) in [6.07, 6.45) is 7.14. The molecular weight excluding hydrogens is 328 g/mol. The van der Waals surface area contributed by atoms with Crippen molar-refractivity contribution in [3.63, 3.8) is 0 Å². The van der Waals surface area contributed by atoms with Gasteiger partial charge in [0, 0.05) is 12.2 Å². The Bertz CT molecular complexity index is 730. The largest absolute Gasteiger partial charge is 0.423 e. The summed E-state index contributed by atoms with van der Waals surface area (Å²) < 4.78 is 10.2. The Morgan fingerprint density at radius 1 is 0.692 bits per heavy atom. The first-order chi connectivity index (χ1) is 12.6. The first-order valence-electron chi connectivity index (χ1n) is 8.12. The van der Waals surface area contributed by atoms with Crippen LogP contribution in [0.25, 0.3) is 0 Å². The molecule has 0 atom stereocenters. The summed E-state index contributed by atoms with van der Waals surface area (Å²) in [6.45, 7) is 7.34. The third-order valence-electron chi connectivity index (χ3n) is 3.40. The minimum Gasteiger partial charge on any atom is -0.423 e. The highest BCUT2D eigenvalue weighted by Gasteiger charge is 2.04. The van der Waals surface area contributed by atoms with Gasteiger partial charge in [0.2, 0.25) is 0 Å². The number of hydrogen-bond donors (Lipinski definition) is 0. The number of carbonyl (C=O) groups is 2. The molecule has 4 nitrogen and oxygen atoms in total. The van der Waals surface area contributed by atoms with E-state index in [2.05, 4.69) is 13.2 Å². The SMILES string of the molecule is C=CCc1ccc(OC(=O)/C=C\C(=O)Oc2ccc(CC=C)cc2)cc1. The number of esters is 2. The van der Waals surface area contributed by atoms with Gasteiger partial charge in [-0.1, -0.05) is 36.4 Å². The van der Waals surface area contributed by atoms with Crippen LogP contribution in [0.5, 0.6) is 11.5 Å². The van der Waals surface area contributed by atoms with E-state index in [4.69, 9.17) is 9.47 Å². The van der Waals surface area contributed by atoms with Gasteiger partial charge in [0.05, 0.1) is 0 Å². The molecule has 0 aliphatic heterocycles. The summed E-state index contributed by atoms with van der Waals surface area (Å²) >= 11 is 0. The van der Waals surface area contributed by atoms with Gasteiger partial charge in [0.1, 0.15) is 11.5 Å². The summed E-state index contributed by atoms with van der Waals surface area (Å²) in [7, 11) is 0. The van der Waals surface area contributed by atoms with E-state index < -0.39 is 11.9 Å². The summed E-state index contributed by atoms with van der Waals surface area (Å²) in [4.78, 5) is 23.5. The summed E-state index contributed by atoms with van der Waals surface area (Å²) in [6, 6.07) is 14.1. The van der Waals surface area contributed by atoms with Gasteiger partial charge in [-0.15, -0.1) is 13.2 Å². The van der Waals surface area contributed by atoms with E-state index in [1.807, 2.05) is 24.3 Å². The van der Waals surface area contributed by atoms with Crippen molar-refractivity contribution in [3.05, 3.63) is 97.1 Å². The number of rotatable bonds is 8. The fourth-order valence-electron chi connectivity index (χ4n) is 2.16. The first-order valence-corrected chi connectivity index (χ1v) is 8.12. The Labute approximate surface area is 153 Å². The molecule has 0 aromatic heterocycles. The quantitative estimate of drug-likeness (QED) is 0.310. The maximum atomic E-state index is 11.8. The Balaban J connectivity index is 1.85. The zero-order valence-corrected chi connectivity index (χ0v) is 14.4.